The second kappa shape index (κ2) is 11.1. The molecule has 2 aromatic heterocycles. The molecule has 2 aromatic carbocycles. The minimum atomic E-state index is -0.777. The Balaban J connectivity index is 1.42. The van der Waals surface area contributed by atoms with Gasteiger partial charge in [-0.25, -0.2) is 19.6 Å². The highest BCUT2D eigenvalue weighted by Crippen LogP contribution is 2.30. The Bertz CT molecular complexity index is 1430. The lowest BCUT2D eigenvalue weighted by Crippen LogP contribution is -2.17. The number of hydrogen-bond acceptors (Lipinski definition) is 7. The van der Waals surface area contributed by atoms with E-state index in [1.165, 1.54) is 0 Å². The van der Waals surface area contributed by atoms with Crippen LogP contribution in [0.3, 0.4) is 0 Å². The van der Waals surface area contributed by atoms with Gasteiger partial charge in [-0.3, -0.25) is 0 Å². The van der Waals surface area contributed by atoms with Gasteiger partial charge in [0.15, 0.2) is 0 Å². The van der Waals surface area contributed by atoms with Gasteiger partial charge in [-0.05, 0) is 61.2 Å². The maximum atomic E-state index is 11.6. The van der Waals surface area contributed by atoms with Crippen LogP contribution in [0.2, 0.25) is 0 Å². The fourth-order valence-corrected chi connectivity index (χ4v) is 3.80. The summed E-state index contributed by atoms with van der Waals surface area (Å²) in [6.45, 7) is 6.70. The van der Waals surface area contributed by atoms with Crippen molar-refractivity contribution in [2.24, 2.45) is 0 Å². The predicted molar refractivity (Wildman–Crippen MR) is 134 cm³/mol. The molecule has 0 saturated heterocycles. The van der Waals surface area contributed by atoms with Crippen molar-refractivity contribution < 1.29 is 19.1 Å². The Morgan fingerprint density at radius 3 is 2.47 bits per heavy atom. The number of hydrogen-bond donors (Lipinski definition) is 2. The molecule has 4 aromatic rings. The molecule has 4 rings (SSSR count). The zero-order chi connectivity index (χ0) is 25.7. The van der Waals surface area contributed by atoms with Crippen LogP contribution in [0, 0.1) is 13.8 Å². The Labute approximate surface area is 207 Å². The molecule has 0 unspecified atom stereocenters. The van der Waals surface area contributed by atoms with Crippen LogP contribution in [-0.2, 0) is 13.2 Å². The molecule has 2 heterocycles. The van der Waals surface area contributed by atoms with Gasteiger partial charge in [-0.15, -0.1) is 4.74 Å². The lowest BCUT2D eigenvalue weighted by atomic mass is 9.96. The first-order valence-corrected chi connectivity index (χ1v) is 11.7. The first-order valence-electron chi connectivity index (χ1n) is 11.7. The number of nitrogens with one attached hydrogen (secondary N) is 1. The fourth-order valence-electron chi connectivity index (χ4n) is 3.80. The second-order valence-electron chi connectivity index (χ2n) is 8.64. The number of aromatic nitrogens is 3. The summed E-state index contributed by atoms with van der Waals surface area (Å²) in [6, 6.07) is 17.2. The van der Waals surface area contributed by atoms with Crippen molar-refractivity contribution in [2.45, 2.75) is 46.4 Å². The van der Waals surface area contributed by atoms with Crippen molar-refractivity contribution in [3.05, 3.63) is 98.0 Å². The van der Waals surface area contributed by atoms with Crippen LogP contribution < -0.4 is 20.9 Å². The van der Waals surface area contributed by atoms with Gasteiger partial charge in [0.1, 0.15) is 12.4 Å². The Hall–Kier alpha value is -4.11. The Morgan fingerprint density at radius 1 is 1.03 bits per heavy atom. The largest absolute Gasteiger partial charge is 0.489 e. The van der Waals surface area contributed by atoms with Gasteiger partial charge in [0, 0.05) is 23.7 Å². The summed E-state index contributed by atoms with van der Waals surface area (Å²) in [5, 5.41) is 9.39. The minimum absolute atomic E-state index is 0.150. The molecule has 1 atom stereocenters. The minimum Gasteiger partial charge on any atom is -0.489 e. The van der Waals surface area contributed by atoms with Crippen molar-refractivity contribution >= 4 is 0 Å². The predicted octanol–water partition coefficient (Wildman–Crippen LogP) is 3.59. The monoisotopic (exact) mass is 491 g/mol. The normalized spacial score (nSPS) is 11.9. The molecular weight excluding hydrogens is 462 g/mol. The van der Waals surface area contributed by atoms with Crippen LogP contribution in [0.15, 0.2) is 68.7 Å². The maximum absolute atomic E-state index is 11.6. The van der Waals surface area contributed by atoms with Gasteiger partial charge in [-0.1, -0.05) is 30.3 Å². The molecule has 188 valence electrons. The third kappa shape index (κ3) is 6.11. The van der Waals surface area contributed by atoms with E-state index in [1.807, 2.05) is 55.5 Å². The molecule has 9 nitrogen and oxygen atoms in total. The number of H-pyrrole nitrogens is 1. The summed E-state index contributed by atoms with van der Waals surface area (Å²) in [7, 11) is 0. The van der Waals surface area contributed by atoms with Crippen LogP contribution >= 0.6 is 0 Å². The first kappa shape index (κ1) is 25.0. The highest BCUT2D eigenvalue weighted by atomic mass is 16.5. The van der Waals surface area contributed by atoms with Crippen LogP contribution in [0.1, 0.15) is 35.7 Å². The highest BCUT2D eigenvalue weighted by molar-refractivity contribution is 5.70. The molecule has 9 heteroatoms. The summed E-state index contributed by atoms with van der Waals surface area (Å²) in [5.41, 5.74) is 5.32. The Morgan fingerprint density at radius 2 is 1.81 bits per heavy atom. The van der Waals surface area contributed by atoms with Crippen LogP contribution in [0.4, 0.5) is 0 Å². The van der Waals surface area contributed by atoms with E-state index in [-0.39, 0.29) is 6.54 Å². The zero-order valence-electron chi connectivity index (χ0n) is 20.5. The van der Waals surface area contributed by atoms with E-state index in [1.54, 1.807) is 6.92 Å². The lowest BCUT2D eigenvalue weighted by molar-refractivity contribution is 0.154. The lowest BCUT2D eigenvalue weighted by Gasteiger charge is -2.15. The molecule has 0 fully saturated rings. The smallest absolute Gasteiger partial charge is 0.440 e. The summed E-state index contributed by atoms with van der Waals surface area (Å²) >= 11 is 0. The molecule has 0 radical (unpaired) electrons. The van der Waals surface area contributed by atoms with E-state index in [2.05, 4.69) is 23.0 Å². The van der Waals surface area contributed by atoms with E-state index in [9.17, 15) is 14.7 Å². The molecular formula is C27H29N3O6. The third-order valence-electron chi connectivity index (χ3n) is 5.85. The van der Waals surface area contributed by atoms with E-state index >= 15 is 0 Å². The van der Waals surface area contributed by atoms with E-state index in [4.69, 9.17) is 14.0 Å². The van der Waals surface area contributed by atoms with E-state index < -0.39 is 17.5 Å². The van der Waals surface area contributed by atoms with Crippen molar-refractivity contribution in [3.63, 3.8) is 0 Å². The van der Waals surface area contributed by atoms with Crippen LogP contribution in [0.25, 0.3) is 11.1 Å². The third-order valence-corrected chi connectivity index (χ3v) is 5.85. The molecule has 36 heavy (non-hydrogen) atoms. The number of aryl methyl sites for hydroxylation is 1. The van der Waals surface area contributed by atoms with Gasteiger partial charge in [0.05, 0.1) is 19.3 Å². The highest BCUT2D eigenvalue weighted by Gasteiger charge is 2.12. The standard InChI is InChI=1S/C27H29N3O6/c1-17(31)13-14-34-25-12-11-24(19(3)28-25)23-6-4-5-21(18(23)2)16-35-22-9-7-20(8-10-22)15-30-26(32)29-27(33)36-30/h4-12,17,31H,13-16H2,1-3H3,(H,29,32,33)/t17-/m1/s1. The van der Waals surface area contributed by atoms with Crippen LogP contribution in [-0.4, -0.2) is 32.5 Å². The van der Waals surface area contributed by atoms with Crippen LogP contribution in [0.5, 0.6) is 11.6 Å². The van der Waals surface area contributed by atoms with Gasteiger partial charge in [0.2, 0.25) is 5.88 Å². The summed E-state index contributed by atoms with van der Waals surface area (Å²) in [5.74, 6) is 0.449. The molecule has 0 spiro atoms. The van der Waals surface area contributed by atoms with Crippen molar-refractivity contribution in [3.8, 4) is 22.8 Å². The summed E-state index contributed by atoms with van der Waals surface area (Å²) in [4.78, 5) is 29.4. The van der Waals surface area contributed by atoms with E-state index in [0.29, 0.717) is 31.3 Å². The molecule has 0 aliphatic rings. The van der Waals surface area contributed by atoms with Gasteiger partial charge >= 0.3 is 11.4 Å². The molecule has 0 saturated carbocycles. The van der Waals surface area contributed by atoms with E-state index in [0.717, 1.165) is 38.3 Å². The molecule has 0 amide bonds. The van der Waals surface area contributed by atoms with Gasteiger partial charge in [-0.2, -0.15) is 0 Å². The molecule has 2 N–H and O–H groups in total. The SMILES string of the molecule is Cc1nc(OCC[C@@H](C)O)ccc1-c1cccc(COc2ccc(Cn3oc(=O)[nH]c3=O)cc2)c1C. The number of aliphatic hydroxyl groups is 1. The Kier molecular flexibility index (Phi) is 7.70. The molecule has 0 aliphatic heterocycles. The van der Waals surface area contributed by atoms with Crippen molar-refractivity contribution in [1.82, 2.24) is 14.7 Å². The van der Waals surface area contributed by atoms with Crippen molar-refractivity contribution in [1.29, 1.82) is 0 Å². The molecule has 0 bridgehead atoms. The average Bonchev–Trinajstić information content (AvgIpc) is 3.16. The maximum Gasteiger partial charge on any atom is 0.440 e. The number of ether oxygens (including phenoxy) is 2. The number of aromatic amines is 1. The van der Waals surface area contributed by atoms with Crippen molar-refractivity contribution in [2.75, 3.05) is 6.61 Å². The number of pyridine rings is 1. The second-order valence-corrected chi connectivity index (χ2v) is 8.64. The number of aliphatic hydroxyl groups excluding tert-OH is 1. The summed E-state index contributed by atoms with van der Waals surface area (Å²) in [6.07, 6.45) is 0.146. The number of benzene rings is 2. The zero-order valence-corrected chi connectivity index (χ0v) is 20.5. The molecule has 0 aliphatic carbocycles. The first-order chi connectivity index (χ1) is 17.3. The average molecular weight is 492 g/mol. The van der Waals surface area contributed by atoms with Gasteiger partial charge in [0.25, 0.3) is 0 Å². The summed E-state index contributed by atoms with van der Waals surface area (Å²) < 4.78 is 17.4. The topological polar surface area (TPSA) is 120 Å². The van der Waals surface area contributed by atoms with Gasteiger partial charge < -0.3 is 19.1 Å². The number of nitrogens with zero attached hydrogens (tertiary/aromatic N) is 2. The fraction of sp³-hybridized carbons (Fsp3) is 0.296. The number of rotatable bonds is 10. The quantitative estimate of drug-likeness (QED) is 0.348.